The first-order valence-corrected chi connectivity index (χ1v) is 12.7. The SMILES string of the molecule is CC[C@H](NC(=O)[C@@H](N)CS)[C@@H](O)[C@H]1[C@H](C(=O)N[C@@H](CCSC)C(=O)O)[C@@H]1c1ccccc1. The third-order valence-corrected chi connectivity index (χ3v) is 6.93. The molecule has 1 aromatic rings. The number of amides is 2. The highest BCUT2D eigenvalue weighted by Gasteiger charge is 2.60. The standard InChI is InChI=1S/C22H33N3O5S2/c1-3-14(24-20(27)13(23)11-31)19(26)17-16(12-7-5-4-6-8-12)18(17)21(28)25-15(22(29)30)9-10-32-2/h4-8,13-19,26,31H,3,9-11,23H2,1-2H3,(H,24,27)(H,25,28)(H,29,30)/t13-,14-,15-,16+,17+,18+,19+/m0/s1. The Hall–Kier alpha value is -1.75. The van der Waals surface area contributed by atoms with Crippen LogP contribution in [0.3, 0.4) is 0 Å². The maximum absolute atomic E-state index is 13.1. The lowest BCUT2D eigenvalue weighted by Gasteiger charge is -2.25. The molecule has 0 spiro atoms. The molecule has 1 fully saturated rings. The molecule has 7 atom stereocenters. The van der Waals surface area contributed by atoms with Crippen LogP contribution in [0.15, 0.2) is 30.3 Å². The van der Waals surface area contributed by atoms with E-state index in [1.54, 1.807) is 0 Å². The molecule has 0 aromatic heterocycles. The van der Waals surface area contributed by atoms with Crippen molar-refractivity contribution in [2.75, 3.05) is 17.8 Å². The molecule has 178 valence electrons. The largest absolute Gasteiger partial charge is 0.480 e. The number of aliphatic hydroxyl groups is 1. The van der Waals surface area contributed by atoms with E-state index >= 15 is 0 Å². The van der Waals surface area contributed by atoms with Gasteiger partial charge in [0.15, 0.2) is 0 Å². The highest BCUT2D eigenvalue weighted by atomic mass is 32.2. The summed E-state index contributed by atoms with van der Waals surface area (Å²) >= 11 is 5.54. The Morgan fingerprint density at radius 2 is 1.88 bits per heavy atom. The molecule has 2 amide bonds. The molecule has 8 nitrogen and oxygen atoms in total. The molecule has 1 saturated carbocycles. The highest BCUT2D eigenvalue weighted by Crippen LogP contribution is 2.56. The number of nitrogens with one attached hydrogen (secondary N) is 2. The first kappa shape index (κ1) is 26.5. The molecule has 1 aromatic carbocycles. The number of hydrogen-bond acceptors (Lipinski definition) is 7. The zero-order valence-corrected chi connectivity index (χ0v) is 20.0. The Bertz CT molecular complexity index is 782. The fraction of sp³-hybridized carbons (Fsp3) is 0.591. The topological polar surface area (TPSA) is 142 Å². The van der Waals surface area contributed by atoms with Crippen molar-refractivity contribution in [3.63, 3.8) is 0 Å². The van der Waals surface area contributed by atoms with Crippen molar-refractivity contribution < 1.29 is 24.6 Å². The van der Waals surface area contributed by atoms with Gasteiger partial charge in [0.1, 0.15) is 6.04 Å². The molecule has 1 aliphatic rings. The molecule has 0 saturated heterocycles. The van der Waals surface area contributed by atoms with Gasteiger partial charge in [-0.3, -0.25) is 9.59 Å². The third kappa shape index (κ3) is 6.63. The number of carbonyl (C=O) groups excluding carboxylic acids is 2. The van der Waals surface area contributed by atoms with Gasteiger partial charge in [-0.25, -0.2) is 4.79 Å². The van der Waals surface area contributed by atoms with Crippen LogP contribution in [0.1, 0.15) is 31.2 Å². The molecule has 6 N–H and O–H groups in total. The number of hydrogen-bond donors (Lipinski definition) is 6. The molecule has 2 rings (SSSR count). The van der Waals surface area contributed by atoms with Gasteiger partial charge in [-0.2, -0.15) is 24.4 Å². The van der Waals surface area contributed by atoms with E-state index in [2.05, 4.69) is 23.3 Å². The second-order valence-corrected chi connectivity index (χ2v) is 9.37. The monoisotopic (exact) mass is 483 g/mol. The lowest BCUT2D eigenvalue weighted by Crippen LogP contribution is -2.51. The van der Waals surface area contributed by atoms with Crippen LogP contribution in [0.4, 0.5) is 0 Å². The minimum atomic E-state index is -1.08. The van der Waals surface area contributed by atoms with Gasteiger partial charge in [0.2, 0.25) is 11.8 Å². The molecule has 0 unspecified atom stereocenters. The van der Waals surface area contributed by atoms with Crippen LogP contribution < -0.4 is 16.4 Å². The van der Waals surface area contributed by atoms with Gasteiger partial charge in [-0.15, -0.1) is 0 Å². The lowest BCUT2D eigenvalue weighted by atomic mass is 9.99. The van der Waals surface area contributed by atoms with E-state index < -0.39 is 53.8 Å². The molecule has 1 aliphatic carbocycles. The highest BCUT2D eigenvalue weighted by molar-refractivity contribution is 7.98. The van der Waals surface area contributed by atoms with E-state index in [1.807, 2.05) is 43.5 Å². The summed E-state index contributed by atoms with van der Waals surface area (Å²) < 4.78 is 0. The third-order valence-electron chi connectivity index (χ3n) is 5.90. The van der Waals surface area contributed by atoms with Gasteiger partial charge < -0.3 is 26.6 Å². The lowest BCUT2D eigenvalue weighted by molar-refractivity contribution is -0.142. The number of carbonyl (C=O) groups is 3. The van der Waals surface area contributed by atoms with E-state index in [4.69, 9.17) is 5.73 Å². The minimum Gasteiger partial charge on any atom is -0.480 e. The van der Waals surface area contributed by atoms with Crippen LogP contribution in [0, 0.1) is 11.8 Å². The Labute approximate surface area is 198 Å². The van der Waals surface area contributed by atoms with Crippen LogP contribution in [-0.2, 0) is 14.4 Å². The summed E-state index contributed by atoms with van der Waals surface area (Å²) in [5.41, 5.74) is 6.63. The number of carboxylic acid groups (broad SMARTS) is 1. The van der Waals surface area contributed by atoms with E-state index in [-0.39, 0.29) is 11.7 Å². The van der Waals surface area contributed by atoms with Crippen LogP contribution in [0.5, 0.6) is 0 Å². The summed E-state index contributed by atoms with van der Waals surface area (Å²) in [5.74, 6) is -2.43. The molecular formula is C22H33N3O5S2. The van der Waals surface area contributed by atoms with E-state index in [0.29, 0.717) is 18.6 Å². The average Bonchev–Trinajstić information content (AvgIpc) is 3.55. The van der Waals surface area contributed by atoms with E-state index in [9.17, 15) is 24.6 Å². The van der Waals surface area contributed by atoms with Crippen molar-refractivity contribution >= 4 is 42.2 Å². The van der Waals surface area contributed by atoms with Crippen molar-refractivity contribution in [1.29, 1.82) is 0 Å². The summed E-state index contributed by atoms with van der Waals surface area (Å²) in [6, 6.07) is 6.98. The number of carboxylic acids is 1. The molecular weight excluding hydrogens is 450 g/mol. The predicted octanol–water partition coefficient (Wildman–Crippen LogP) is 0.852. The normalized spacial score (nSPS) is 23.5. The Morgan fingerprint density at radius 1 is 1.22 bits per heavy atom. The first-order chi connectivity index (χ1) is 15.3. The average molecular weight is 484 g/mol. The van der Waals surface area contributed by atoms with Crippen LogP contribution in [-0.4, -0.2) is 70.0 Å². The summed E-state index contributed by atoms with van der Waals surface area (Å²) in [4.78, 5) is 36.9. The van der Waals surface area contributed by atoms with Gasteiger partial charge >= 0.3 is 5.97 Å². The number of rotatable bonds is 13. The van der Waals surface area contributed by atoms with E-state index in [0.717, 1.165) is 5.56 Å². The quantitative estimate of drug-likeness (QED) is 0.228. The van der Waals surface area contributed by atoms with Crippen LogP contribution in [0.25, 0.3) is 0 Å². The first-order valence-electron chi connectivity index (χ1n) is 10.7. The van der Waals surface area contributed by atoms with Gasteiger partial charge in [0.25, 0.3) is 0 Å². The maximum atomic E-state index is 13.1. The Balaban J connectivity index is 2.21. The zero-order valence-electron chi connectivity index (χ0n) is 18.3. The van der Waals surface area contributed by atoms with Gasteiger partial charge in [0.05, 0.1) is 24.1 Å². The molecule has 0 radical (unpaired) electrons. The smallest absolute Gasteiger partial charge is 0.326 e. The van der Waals surface area contributed by atoms with Crippen molar-refractivity contribution in [3.8, 4) is 0 Å². The fourth-order valence-corrected chi connectivity index (χ4v) is 4.67. The second-order valence-electron chi connectivity index (χ2n) is 8.02. The van der Waals surface area contributed by atoms with Crippen molar-refractivity contribution in [3.05, 3.63) is 35.9 Å². The molecule has 32 heavy (non-hydrogen) atoms. The van der Waals surface area contributed by atoms with Gasteiger partial charge in [-0.05, 0) is 30.4 Å². The van der Waals surface area contributed by atoms with Crippen molar-refractivity contribution in [1.82, 2.24) is 10.6 Å². The number of benzene rings is 1. The van der Waals surface area contributed by atoms with Crippen LogP contribution >= 0.6 is 24.4 Å². The van der Waals surface area contributed by atoms with Crippen molar-refractivity contribution in [2.45, 2.75) is 49.9 Å². The minimum absolute atomic E-state index is 0.173. The molecule has 0 heterocycles. The summed E-state index contributed by atoms with van der Waals surface area (Å²) in [7, 11) is 0. The van der Waals surface area contributed by atoms with Crippen molar-refractivity contribution in [2.24, 2.45) is 17.6 Å². The summed E-state index contributed by atoms with van der Waals surface area (Å²) in [5, 5.41) is 26.0. The Kier molecular flexibility index (Phi) is 10.3. The predicted molar refractivity (Wildman–Crippen MR) is 129 cm³/mol. The second kappa shape index (κ2) is 12.5. The van der Waals surface area contributed by atoms with Crippen LogP contribution in [0.2, 0.25) is 0 Å². The summed E-state index contributed by atoms with van der Waals surface area (Å²) in [6.45, 7) is 1.83. The van der Waals surface area contributed by atoms with E-state index in [1.165, 1.54) is 11.8 Å². The Morgan fingerprint density at radius 3 is 2.41 bits per heavy atom. The number of aliphatic carboxylic acids is 1. The fourth-order valence-electron chi connectivity index (χ4n) is 4.03. The number of thiol groups is 1. The zero-order chi connectivity index (χ0) is 23.8. The number of aliphatic hydroxyl groups excluding tert-OH is 1. The summed E-state index contributed by atoms with van der Waals surface area (Å²) in [6.07, 6.45) is 1.64. The van der Waals surface area contributed by atoms with Gasteiger partial charge in [0, 0.05) is 17.6 Å². The van der Waals surface area contributed by atoms with Gasteiger partial charge in [-0.1, -0.05) is 37.3 Å². The number of nitrogens with two attached hydrogens (primary N) is 1. The maximum Gasteiger partial charge on any atom is 0.326 e. The molecule has 0 aliphatic heterocycles. The molecule has 0 bridgehead atoms. The molecule has 10 heteroatoms. The number of thioether (sulfide) groups is 1.